The molecule has 2 aromatic rings. The highest BCUT2D eigenvalue weighted by Crippen LogP contribution is 2.26. The molecule has 1 saturated heterocycles. The van der Waals surface area contributed by atoms with Crippen LogP contribution in [-0.4, -0.2) is 53.5 Å². The Hall–Kier alpha value is -3.69. The molecule has 4 rings (SSSR count). The number of hydrazone groups is 1. The number of nitrogens with one attached hydrogen (secondary N) is 1. The number of aryl methyl sites for hydroxylation is 1. The zero-order chi connectivity index (χ0) is 22.8. The first-order valence-corrected chi connectivity index (χ1v) is 10.4. The molecule has 0 spiro atoms. The third kappa shape index (κ3) is 4.34. The van der Waals surface area contributed by atoms with Crippen LogP contribution in [0.4, 0.5) is 10.1 Å². The van der Waals surface area contributed by atoms with Crippen molar-refractivity contribution in [2.45, 2.75) is 38.3 Å². The highest BCUT2D eigenvalue weighted by Gasteiger charge is 2.37. The Balaban J connectivity index is 1.38. The third-order valence-corrected chi connectivity index (χ3v) is 5.76. The first-order valence-electron chi connectivity index (χ1n) is 10.4. The summed E-state index contributed by atoms with van der Waals surface area (Å²) in [4.78, 5) is 38.9. The van der Waals surface area contributed by atoms with E-state index >= 15 is 0 Å². The van der Waals surface area contributed by atoms with Gasteiger partial charge in [-0.25, -0.2) is 4.39 Å². The molecule has 2 aliphatic heterocycles. The maximum atomic E-state index is 13.2. The summed E-state index contributed by atoms with van der Waals surface area (Å²) >= 11 is 0. The molecule has 0 bridgehead atoms. The van der Waals surface area contributed by atoms with Crippen molar-refractivity contribution in [2.24, 2.45) is 10.8 Å². The molecule has 3 heterocycles. The van der Waals surface area contributed by atoms with Crippen molar-refractivity contribution in [3.05, 3.63) is 53.7 Å². The number of furan rings is 1. The quantitative estimate of drug-likeness (QED) is 0.730. The highest BCUT2D eigenvalue weighted by molar-refractivity contribution is 6.40. The van der Waals surface area contributed by atoms with E-state index in [1.807, 2.05) is 0 Å². The highest BCUT2D eigenvalue weighted by atomic mass is 19.1. The summed E-state index contributed by atoms with van der Waals surface area (Å²) in [6, 6.07) is 6.32. The number of carbonyl (C=O) groups is 3. The summed E-state index contributed by atoms with van der Waals surface area (Å²) in [5, 5.41) is 8.64. The molecule has 1 unspecified atom stereocenters. The summed E-state index contributed by atoms with van der Waals surface area (Å²) in [5.74, 6) is -1.28. The van der Waals surface area contributed by atoms with Gasteiger partial charge in [0.25, 0.3) is 11.8 Å². The molecular formula is C22H24FN5O4. The van der Waals surface area contributed by atoms with Crippen LogP contribution in [0, 0.1) is 12.7 Å². The largest absolute Gasteiger partial charge is 0.459 e. The number of primary amides is 1. The van der Waals surface area contributed by atoms with Crippen molar-refractivity contribution >= 4 is 29.1 Å². The van der Waals surface area contributed by atoms with Gasteiger partial charge in [0.15, 0.2) is 5.76 Å². The Morgan fingerprint density at radius 1 is 1.16 bits per heavy atom. The van der Waals surface area contributed by atoms with Gasteiger partial charge >= 0.3 is 0 Å². The number of benzene rings is 1. The number of nitrogens with zero attached hydrogens (tertiary/aromatic N) is 3. The summed E-state index contributed by atoms with van der Waals surface area (Å²) in [6.45, 7) is 2.69. The molecule has 1 aromatic heterocycles. The van der Waals surface area contributed by atoms with E-state index in [0.717, 1.165) is 5.56 Å². The van der Waals surface area contributed by atoms with Gasteiger partial charge in [0.1, 0.15) is 17.6 Å². The fourth-order valence-corrected chi connectivity index (χ4v) is 3.96. The predicted octanol–water partition coefficient (Wildman–Crippen LogP) is 1.57. The summed E-state index contributed by atoms with van der Waals surface area (Å²) < 4.78 is 18.5. The molecule has 1 atom stereocenters. The van der Waals surface area contributed by atoms with Gasteiger partial charge in [-0.3, -0.25) is 19.4 Å². The van der Waals surface area contributed by atoms with E-state index in [9.17, 15) is 18.8 Å². The minimum Gasteiger partial charge on any atom is -0.459 e. The second-order valence-electron chi connectivity index (χ2n) is 7.96. The number of rotatable bonds is 5. The van der Waals surface area contributed by atoms with Crippen molar-refractivity contribution in [3.8, 4) is 0 Å². The van der Waals surface area contributed by atoms with Crippen molar-refractivity contribution < 1.29 is 23.2 Å². The van der Waals surface area contributed by atoms with E-state index in [1.54, 1.807) is 17.9 Å². The fraction of sp³-hybridized carbons (Fsp3) is 0.364. The van der Waals surface area contributed by atoms with Gasteiger partial charge in [-0.2, -0.15) is 5.10 Å². The van der Waals surface area contributed by atoms with Crippen LogP contribution in [0.2, 0.25) is 0 Å². The number of carbonyl (C=O) groups excluding carboxylic acids is 3. The van der Waals surface area contributed by atoms with E-state index in [0.29, 0.717) is 37.4 Å². The number of likely N-dealkylation sites (tertiary alicyclic amines) is 1. The number of halogens is 1. The van der Waals surface area contributed by atoms with Crippen molar-refractivity contribution in [2.75, 3.05) is 18.1 Å². The second-order valence-corrected chi connectivity index (χ2v) is 7.96. The maximum absolute atomic E-state index is 13.2. The van der Waals surface area contributed by atoms with E-state index in [2.05, 4.69) is 10.4 Å². The van der Waals surface area contributed by atoms with Crippen LogP contribution in [0.25, 0.3) is 0 Å². The Morgan fingerprint density at radius 3 is 2.44 bits per heavy atom. The Kier molecular flexibility index (Phi) is 5.93. The minimum absolute atomic E-state index is 0.0735. The van der Waals surface area contributed by atoms with Crippen molar-refractivity contribution in [1.29, 1.82) is 0 Å². The van der Waals surface area contributed by atoms with Crippen LogP contribution in [0.15, 0.2) is 46.1 Å². The van der Waals surface area contributed by atoms with E-state index in [1.165, 1.54) is 35.5 Å². The van der Waals surface area contributed by atoms with Crippen LogP contribution < -0.4 is 16.1 Å². The lowest BCUT2D eigenvalue weighted by Gasteiger charge is -2.32. The number of piperidine rings is 1. The van der Waals surface area contributed by atoms with Gasteiger partial charge < -0.3 is 20.4 Å². The average molecular weight is 441 g/mol. The first-order chi connectivity index (χ1) is 15.3. The van der Waals surface area contributed by atoms with Gasteiger partial charge in [-0.15, -0.1) is 0 Å². The van der Waals surface area contributed by atoms with E-state index < -0.39 is 17.8 Å². The summed E-state index contributed by atoms with van der Waals surface area (Å²) in [7, 11) is 0. The lowest BCUT2D eigenvalue weighted by molar-refractivity contribution is -0.125. The Labute approximate surface area is 184 Å². The molecule has 32 heavy (non-hydrogen) atoms. The van der Waals surface area contributed by atoms with E-state index in [-0.39, 0.29) is 30.0 Å². The first kappa shape index (κ1) is 21.5. The van der Waals surface area contributed by atoms with Crippen LogP contribution in [0.3, 0.4) is 0 Å². The predicted molar refractivity (Wildman–Crippen MR) is 114 cm³/mol. The molecular weight excluding hydrogens is 417 g/mol. The van der Waals surface area contributed by atoms with Gasteiger partial charge in [-0.05, 0) is 50.1 Å². The molecule has 10 heteroatoms. The van der Waals surface area contributed by atoms with Gasteiger partial charge in [0, 0.05) is 31.1 Å². The Morgan fingerprint density at radius 2 is 1.84 bits per heavy atom. The SMILES string of the molecule is Cc1ccoc1C(=O)NC1CCN(C(=O)C2=NN(c3ccc(F)cc3)C(C(N)=O)C2)CC1. The average Bonchev–Trinajstić information content (AvgIpc) is 3.41. The van der Waals surface area contributed by atoms with Crippen LogP contribution in [-0.2, 0) is 9.59 Å². The zero-order valence-corrected chi connectivity index (χ0v) is 17.6. The molecule has 168 valence electrons. The van der Waals surface area contributed by atoms with Gasteiger partial charge in [0.05, 0.1) is 12.0 Å². The number of hydrogen-bond acceptors (Lipinski definition) is 6. The molecule has 1 aromatic carbocycles. The monoisotopic (exact) mass is 441 g/mol. The summed E-state index contributed by atoms with van der Waals surface area (Å²) in [5.41, 5.74) is 6.99. The lowest BCUT2D eigenvalue weighted by atomic mass is 10.0. The van der Waals surface area contributed by atoms with Gasteiger partial charge in [-0.1, -0.05) is 0 Å². The Bertz CT molecular complexity index is 1060. The van der Waals surface area contributed by atoms with Crippen molar-refractivity contribution in [3.63, 3.8) is 0 Å². The van der Waals surface area contributed by atoms with Crippen LogP contribution in [0.1, 0.15) is 35.4 Å². The fourth-order valence-electron chi connectivity index (χ4n) is 3.96. The molecule has 3 amide bonds. The molecule has 1 fully saturated rings. The molecule has 2 aliphatic rings. The normalized spacial score (nSPS) is 19.1. The molecule has 0 radical (unpaired) electrons. The molecule has 0 aliphatic carbocycles. The van der Waals surface area contributed by atoms with Crippen molar-refractivity contribution in [1.82, 2.24) is 10.2 Å². The maximum Gasteiger partial charge on any atom is 0.287 e. The zero-order valence-electron chi connectivity index (χ0n) is 17.6. The smallest absolute Gasteiger partial charge is 0.287 e. The molecule has 0 saturated carbocycles. The number of nitrogens with two attached hydrogens (primary N) is 1. The summed E-state index contributed by atoms with van der Waals surface area (Å²) in [6.07, 6.45) is 2.74. The molecule has 9 nitrogen and oxygen atoms in total. The van der Waals surface area contributed by atoms with E-state index in [4.69, 9.17) is 10.2 Å². The second kappa shape index (κ2) is 8.81. The topological polar surface area (TPSA) is 121 Å². The number of hydrogen-bond donors (Lipinski definition) is 2. The minimum atomic E-state index is -0.812. The van der Waals surface area contributed by atoms with Crippen LogP contribution in [0.5, 0.6) is 0 Å². The number of anilines is 1. The standard InChI is InChI=1S/C22H24FN5O4/c1-13-8-11-32-19(13)21(30)25-15-6-9-27(10-7-15)22(31)17-12-18(20(24)29)28(26-17)16-4-2-14(23)3-5-16/h2-5,8,11,15,18H,6-7,9-10,12H2,1H3,(H2,24,29)(H,25,30). The molecule has 3 N–H and O–H groups in total. The third-order valence-electron chi connectivity index (χ3n) is 5.76. The number of amides is 3. The lowest BCUT2D eigenvalue weighted by Crippen LogP contribution is -2.48. The van der Waals surface area contributed by atoms with Crippen LogP contribution >= 0.6 is 0 Å². The van der Waals surface area contributed by atoms with Gasteiger partial charge in [0.2, 0.25) is 5.91 Å².